The molecule has 1 aromatic heterocycles. The van der Waals surface area contributed by atoms with Gasteiger partial charge >= 0.3 is 6.09 Å². The second-order valence-electron chi connectivity index (χ2n) is 5.11. The molecule has 2 heterocycles. The van der Waals surface area contributed by atoms with Crippen molar-refractivity contribution in [2.45, 2.75) is 12.6 Å². The Kier molecular flexibility index (Phi) is 4.58. The zero-order valence-electron chi connectivity index (χ0n) is 12.4. The number of carboxylic acid groups (broad SMARTS) is 1. The fourth-order valence-electron chi connectivity index (χ4n) is 2.04. The van der Waals surface area contributed by atoms with Crippen LogP contribution in [0.2, 0.25) is 0 Å². The van der Waals surface area contributed by atoms with E-state index in [1.807, 2.05) is 30.3 Å². The first-order chi connectivity index (χ1) is 11.2. The van der Waals surface area contributed by atoms with Crippen LogP contribution in [0.15, 0.2) is 47.6 Å². The molecule has 1 aromatic carbocycles. The van der Waals surface area contributed by atoms with Crippen molar-refractivity contribution in [3.8, 4) is 0 Å². The van der Waals surface area contributed by atoms with E-state index in [1.54, 1.807) is 12.3 Å². The Morgan fingerprint density at radius 1 is 1.35 bits per heavy atom. The van der Waals surface area contributed by atoms with Crippen LogP contribution in [0.3, 0.4) is 0 Å². The van der Waals surface area contributed by atoms with Crippen LogP contribution >= 0.6 is 0 Å². The van der Waals surface area contributed by atoms with Crippen molar-refractivity contribution in [1.29, 1.82) is 0 Å². The number of nitrogens with zero attached hydrogens (tertiary/aromatic N) is 4. The number of ether oxygens (including phenoxy) is 1. The topological polar surface area (TPSA) is 87.9 Å². The molecule has 0 unspecified atom stereocenters. The van der Waals surface area contributed by atoms with Crippen LogP contribution in [-0.2, 0) is 11.3 Å². The highest BCUT2D eigenvalue weighted by atomic mass is 16.5. The van der Waals surface area contributed by atoms with Gasteiger partial charge < -0.3 is 9.84 Å². The van der Waals surface area contributed by atoms with Gasteiger partial charge in [0.25, 0.3) is 0 Å². The SMILES string of the molecule is O=C(O)N(Cc1ccccc1)c1nccc(/C=N/C2COC2)n1. The molecule has 7 heteroatoms. The van der Waals surface area contributed by atoms with Crippen molar-refractivity contribution in [3.63, 3.8) is 0 Å². The zero-order valence-corrected chi connectivity index (χ0v) is 12.4. The lowest BCUT2D eigenvalue weighted by Gasteiger charge is -2.21. The number of hydrogen-bond acceptors (Lipinski definition) is 5. The first-order valence-corrected chi connectivity index (χ1v) is 7.21. The number of hydrogen-bond donors (Lipinski definition) is 1. The van der Waals surface area contributed by atoms with Gasteiger partial charge in [0.1, 0.15) is 0 Å². The number of amides is 1. The minimum Gasteiger partial charge on any atom is -0.465 e. The maximum absolute atomic E-state index is 11.5. The number of anilines is 1. The van der Waals surface area contributed by atoms with Crippen molar-refractivity contribution in [2.24, 2.45) is 4.99 Å². The van der Waals surface area contributed by atoms with E-state index in [0.29, 0.717) is 18.9 Å². The third-order valence-electron chi connectivity index (χ3n) is 3.36. The van der Waals surface area contributed by atoms with Crippen molar-refractivity contribution in [1.82, 2.24) is 9.97 Å². The molecule has 1 amide bonds. The van der Waals surface area contributed by atoms with Gasteiger partial charge in [0.05, 0.1) is 31.5 Å². The molecule has 7 nitrogen and oxygen atoms in total. The molecular weight excluding hydrogens is 296 g/mol. The Balaban J connectivity index is 1.79. The summed E-state index contributed by atoms with van der Waals surface area (Å²) in [6.45, 7) is 1.42. The van der Waals surface area contributed by atoms with Crippen LogP contribution in [0.1, 0.15) is 11.3 Å². The standard InChI is InChI=1S/C16H16N4O3/c21-16(22)20(9-12-4-2-1-3-5-12)15-17-7-6-13(19-15)8-18-14-10-23-11-14/h1-8,14H,9-11H2,(H,21,22)/b18-8+. The summed E-state index contributed by atoms with van der Waals surface area (Å²) in [6, 6.07) is 11.2. The maximum atomic E-state index is 11.5. The highest BCUT2D eigenvalue weighted by Gasteiger charge is 2.18. The largest absolute Gasteiger partial charge is 0.465 e. The fraction of sp³-hybridized carbons (Fsp3) is 0.250. The molecule has 118 valence electrons. The van der Waals surface area contributed by atoms with Crippen molar-refractivity contribution >= 4 is 18.3 Å². The molecule has 23 heavy (non-hydrogen) atoms. The van der Waals surface area contributed by atoms with Gasteiger partial charge in [-0.15, -0.1) is 0 Å². The summed E-state index contributed by atoms with van der Waals surface area (Å²) in [5.74, 6) is 0.134. The van der Waals surface area contributed by atoms with Crippen LogP contribution in [-0.4, -0.2) is 46.6 Å². The van der Waals surface area contributed by atoms with Crippen LogP contribution in [0.5, 0.6) is 0 Å². The highest BCUT2D eigenvalue weighted by Crippen LogP contribution is 2.13. The third kappa shape index (κ3) is 3.89. The number of aliphatic imine (C=N–C) groups is 1. The van der Waals surface area contributed by atoms with Gasteiger partial charge in [-0.1, -0.05) is 30.3 Å². The fourth-order valence-corrected chi connectivity index (χ4v) is 2.04. The normalized spacial score (nSPS) is 14.6. The molecule has 0 bridgehead atoms. The lowest BCUT2D eigenvalue weighted by Crippen LogP contribution is -2.32. The molecule has 1 N–H and O–H groups in total. The van der Waals surface area contributed by atoms with Crippen molar-refractivity contribution < 1.29 is 14.6 Å². The Labute approximate surface area is 133 Å². The van der Waals surface area contributed by atoms with Gasteiger partial charge in [0.15, 0.2) is 0 Å². The van der Waals surface area contributed by atoms with Gasteiger partial charge in [-0.05, 0) is 11.6 Å². The number of aromatic nitrogens is 2. The smallest absolute Gasteiger partial charge is 0.414 e. The van der Waals surface area contributed by atoms with E-state index >= 15 is 0 Å². The molecule has 2 aromatic rings. The summed E-state index contributed by atoms with van der Waals surface area (Å²) in [5, 5.41) is 9.44. The zero-order chi connectivity index (χ0) is 16.1. The second-order valence-corrected chi connectivity index (χ2v) is 5.11. The van der Waals surface area contributed by atoms with E-state index < -0.39 is 6.09 Å². The predicted octanol–water partition coefficient (Wildman–Crippen LogP) is 1.98. The van der Waals surface area contributed by atoms with Gasteiger partial charge in [0, 0.05) is 12.4 Å². The first kappa shape index (κ1) is 15.1. The van der Waals surface area contributed by atoms with Crippen LogP contribution in [0, 0.1) is 0 Å². The highest BCUT2D eigenvalue weighted by molar-refractivity contribution is 5.84. The molecule has 3 rings (SSSR count). The van der Waals surface area contributed by atoms with Crippen molar-refractivity contribution in [2.75, 3.05) is 18.1 Å². The van der Waals surface area contributed by atoms with Crippen LogP contribution < -0.4 is 4.90 Å². The molecule has 1 aliphatic heterocycles. The van der Waals surface area contributed by atoms with E-state index in [4.69, 9.17) is 4.74 Å². The number of rotatable bonds is 5. The molecular formula is C16H16N4O3. The van der Waals surface area contributed by atoms with E-state index in [-0.39, 0.29) is 18.5 Å². The summed E-state index contributed by atoms with van der Waals surface area (Å²) in [6.07, 6.45) is 2.05. The molecule has 0 atom stereocenters. The minimum atomic E-state index is -1.10. The molecule has 1 fully saturated rings. The Morgan fingerprint density at radius 3 is 2.78 bits per heavy atom. The van der Waals surface area contributed by atoms with Gasteiger partial charge in [-0.3, -0.25) is 4.99 Å². The number of benzene rings is 1. The molecule has 0 aliphatic carbocycles. The van der Waals surface area contributed by atoms with Crippen LogP contribution in [0.4, 0.5) is 10.7 Å². The van der Waals surface area contributed by atoms with Crippen LogP contribution in [0.25, 0.3) is 0 Å². The average Bonchev–Trinajstić information content (AvgIpc) is 2.52. The van der Waals surface area contributed by atoms with E-state index in [1.165, 1.54) is 6.20 Å². The Bertz CT molecular complexity index is 701. The minimum absolute atomic E-state index is 0.134. The second kappa shape index (κ2) is 6.97. The first-order valence-electron chi connectivity index (χ1n) is 7.21. The Hall–Kier alpha value is -2.80. The summed E-state index contributed by atoms with van der Waals surface area (Å²) in [7, 11) is 0. The quantitative estimate of drug-likeness (QED) is 0.853. The van der Waals surface area contributed by atoms with Gasteiger partial charge in [0.2, 0.25) is 5.95 Å². The average molecular weight is 312 g/mol. The lowest BCUT2D eigenvalue weighted by atomic mass is 10.2. The molecule has 1 aliphatic rings. The Morgan fingerprint density at radius 2 is 2.13 bits per heavy atom. The van der Waals surface area contributed by atoms with Gasteiger partial charge in [-0.25, -0.2) is 19.7 Å². The molecule has 0 saturated carbocycles. The van der Waals surface area contributed by atoms with Crippen molar-refractivity contribution in [3.05, 3.63) is 53.9 Å². The summed E-state index contributed by atoms with van der Waals surface area (Å²) < 4.78 is 5.05. The molecule has 0 spiro atoms. The number of carbonyl (C=O) groups is 1. The lowest BCUT2D eigenvalue weighted by molar-refractivity contribution is 0.0135. The summed E-state index contributed by atoms with van der Waals surface area (Å²) >= 11 is 0. The van der Waals surface area contributed by atoms with E-state index in [2.05, 4.69) is 15.0 Å². The molecule has 0 radical (unpaired) electrons. The summed E-state index contributed by atoms with van der Waals surface area (Å²) in [4.78, 5) is 25.3. The van der Waals surface area contributed by atoms with E-state index in [9.17, 15) is 9.90 Å². The van der Waals surface area contributed by atoms with E-state index in [0.717, 1.165) is 10.5 Å². The third-order valence-corrected chi connectivity index (χ3v) is 3.36. The predicted molar refractivity (Wildman–Crippen MR) is 84.9 cm³/mol. The summed E-state index contributed by atoms with van der Waals surface area (Å²) in [5.41, 5.74) is 1.44. The molecule has 1 saturated heterocycles. The van der Waals surface area contributed by atoms with Gasteiger partial charge in [-0.2, -0.15) is 0 Å². The monoisotopic (exact) mass is 312 g/mol. The maximum Gasteiger partial charge on any atom is 0.414 e.